The van der Waals surface area contributed by atoms with Gasteiger partial charge in [-0.05, 0) is 13.8 Å². The van der Waals surface area contributed by atoms with Crippen LogP contribution in [-0.4, -0.2) is 12.1 Å². The van der Waals surface area contributed by atoms with Crippen molar-refractivity contribution in [1.82, 2.24) is 4.98 Å². The molecular weight excluding hydrogens is 162 g/mol. The lowest BCUT2D eigenvalue weighted by Crippen LogP contribution is -1.92. The molecule has 0 aromatic carbocycles. The number of nitrogens with zero attached hydrogens (tertiary/aromatic N) is 1. The van der Waals surface area contributed by atoms with Crippen LogP contribution in [0.5, 0.6) is 5.75 Å². The van der Waals surface area contributed by atoms with E-state index in [2.05, 4.69) is 4.98 Å². The highest BCUT2D eigenvalue weighted by Gasteiger charge is 2.03. The summed E-state index contributed by atoms with van der Waals surface area (Å²) in [4.78, 5) is 4.19. The van der Waals surface area contributed by atoms with Crippen LogP contribution in [0, 0.1) is 13.8 Å². The lowest BCUT2D eigenvalue weighted by atomic mass is 10.3. The molecule has 3 heteroatoms. The molecule has 0 spiro atoms. The predicted octanol–water partition coefficient (Wildman–Crippen LogP) is 2.36. The van der Waals surface area contributed by atoms with Crippen molar-refractivity contribution in [3.63, 3.8) is 0 Å². The Labute approximate surface area is 71.2 Å². The van der Waals surface area contributed by atoms with E-state index >= 15 is 0 Å². The van der Waals surface area contributed by atoms with Gasteiger partial charge in [-0.15, -0.1) is 0 Å². The topological polar surface area (TPSA) is 22.1 Å². The molecule has 0 N–H and O–H groups in total. The summed E-state index contributed by atoms with van der Waals surface area (Å²) >= 11 is 5.82. The Morgan fingerprint density at radius 1 is 1.36 bits per heavy atom. The summed E-state index contributed by atoms with van der Waals surface area (Å²) in [6, 6.07) is 1.78. The van der Waals surface area contributed by atoms with E-state index in [1.807, 2.05) is 13.8 Å². The fourth-order valence-corrected chi connectivity index (χ4v) is 1.03. The summed E-state index contributed by atoms with van der Waals surface area (Å²) in [5.74, 6) is 0.737. The van der Waals surface area contributed by atoms with Gasteiger partial charge in [0.05, 0.1) is 23.5 Å². The maximum absolute atomic E-state index is 5.82. The van der Waals surface area contributed by atoms with Gasteiger partial charge in [0.15, 0.2) is 0 Å². The van der Waals surface area contributed by atoms with Crippen LogP contribution in [0.4, 0.5) is 0 Å². The Bertz CT molecular complexity index is 273. The number of rotatable bonds is 1. The van der Waals surface area contributed by atoms with Gasteiger partial charge in [-0.25, -0.2) is 0 Å². The zero-order chi connectivity index (χ0) is 8.43. The van der Waals surface area contributed by atoms with Gasteiger partial charge in [-0.1, -0.05) is 11.6 Å². The molecule has 0 aliphatic heterocycles. The third-order valence-electron chi connectivity index (χ3n) is 1.52. The van der Waals surface area contributed by atoms with Crippen LogP contribution in [-0.2, 0) is 0 Å². The summed E-state index contributed by atoms with van der Waals surface area (Å²) < 4.78 is 5.03. The Kier molecular flexibility index (Phi) is 2.35. The standard InChI is InChI=1S/C8H10ClNO/c1-5-7(9)4-8(11-3)6(2)10-5/h4H,1-3H3. The molecule has 0 amide bonds. The lowest BCUT2D eigenvalue weighted by molar-refractivity contribution is 0.409. The number of aryl methyl sites for hydroxylation is 2. The van der Waals surface area contributed by atoms with Gasteiger partial charge in [0.25, 0.3) is 0 Å². The second-order valence-corrected chi connectivity index (χ2v) is 2.75. The molecule has 0 aliphatic carbocycles. The van der Waals surface area contributed by atoms with Crippen molar-refractivity contribution in [1.29, 1.82) is 0 Å². The number of hydrogen-bond acceptors (Lipinski definition) is 2. The van der Waals surface area contributed by atoms with Crippen LogP contribution in [0.15, 0.2) is 6.07 Å². The molecule has 2 nitrogen and oxygen atoms in total. The van der Waals surface area contributed by atoms with Crippen molar-refractivity contribution < 1.29 is 4.74 Å². The third kappa shape index (κ3) is 1.63. The first-order chi connectivity index (χ1) is 5.15. The molecule has 0 saturated carbocycles. The summed E-state index contributed by atoms with van der Waals surface area (Å²) in [6.07, 6.45) is 0. The van der Waals surface area contributed by atoms with Crippen LogP contribution in [0.25, 0.3) is 0 Å². The van der Waals surface area contributed by atoms with Gasteiger partial charge >= 0.3 is 0 Å². The van der Waals surface area contributed by atoms with Crippen LogP contribution in [0.2, 0.25) is 5.02 Å². The van der Waals surface area contributed by atoms with Gasteiger partial charge in [0.1, 0.15) is 5.75 Å². The van der Waals surface area contributed by atoms with Crippen molar-refractivity contribution in [2.24, 2.45) is 0 Å². The number of halogens is 1. The van der Waals surface area contributed by atoms with Crippen LogP contribution in [0.3, 0.4) is 0 Å². The molecule has 60 valence electrons. The Morgan fingerprint density at radius 3 is 2.55 bits per heavy atom. The molecular formula is C8H10ClNO. The van der Waals surface area contributed by atoms with Gasteiger partial charge in [-0.3, -0.25) is 4.98 Å². The van der Waals surface area contributed by atoms with Crippen molar-refractivity contribution in [2.75, 3.05) is 7.11 Å². The van der Waals surface area contributed by atoms with Gasteiger partial charge in [0, 0.05) is 6.07 Å². The maximum Gasteiger partial charge on any atom is 0.141 e. The van der Waals surface area contributed by atoms with Crippen molar-refractivity contribution in [3.8, 4) is 5.75 Å². The SMILES string of the molecule is COc1cc(Cl)c(C)nc1C. The molecule has 11 heavy (non-hydrogen) atoms. The summed E-state index contributed by atoms with van der Waals surface area (Å²) in [5, 5.41) is 0.646. The molecule has 1 rings (SSSR count). The first-order valence-electron chi connectivity index (χ1n) is 3.33. The number of aromatic nitrogens is 1. The monoisotopic (exact) mass is 171 g/mol. The highest BCUT2D eigenvalue weighted by atomic mass is 35.5. The van der Waals surface area contributed by atoms with Crippen LogP contribution in [0.1, 0.15) is 11.4 Å². The van der Waals surface area contributed by atoms with E-state index in [1.165, 1.54) is 0 Å². The number of hydrogen-bond donors (Lipinski definition) is 0. The maximum atomic E-state index is 5.82. The molecule has 0 saturated heterocycles. The average molecular weight is 172 g/mol. The van der Waals surface area contributed by atoms with E-state index in [0.29, 0.717) is 5.02 Å². The smallest absolute Gasteiger partial charge is 0.141 e. The van der Waals surface area contributed by atoms with E-state index in [1.54, 1.807) is 13.2 Å². The Hall–Kier alpha value is -0.760. The largest absolute Gasteiger partial charge is 0.495 e. The minimum atomic E-state index is 0.646. The minimum Gasteiger partial charge on any atom is -0.495 e. The first-order valence-corrected chi connectivity index (χ1v) is 3.70. The third-order valence-corrected chi connectivity index (χ3v) is 1.90. The molecule has 0 unspecified atom stereocenters. The molecule has 1 aromatic rings. The zero-order valence-corrected chi connectivity index (χ0v) is 7.57. The number of methoxy groups -OCH3 is 1. The van der Waals surface area contributed by atoms with Crippen molar-refractivity contribution in [3.05, 3.63) is 22.5 Å². The van der Waals surface area contributed by atoms with E-state index in [4.69, 9.17) is 16.3 Å². The minimum absolute atomic E-state index is 0.646. The lowest BCUT2D eigenvalue weighted by Gasteiger charge is -2.05. The normalized spacial score (nSPS) is 9.82. The highest BCUT2D eigenvalue weighted by molar-refractivity contribution is 6.31. The van der Waals surface area contributed by atoms with Crippen molar-refractivity contribution in [2.45, 2.75) is 13.8 Å². The van der Waals surface area contributed by atoms with Crippen LogP contribution >= 0.6 is 11.6 Å². The molecule has 0 bridgehead atoms. The first kappa shape index (κ1) is 8.34. The predicted molar refractivity (Wildman–Crippen MR) is 45.3 cm³/mol. The molecule has 1 aromatic heterocycles. The fraction of sp³-hybridized carbons (Fsp3) is 0.375. The highest BCUT2D eigenvalue weighted by Crippen LogP contribution is 2.22. The quantitative estimate of drug-likeness (QED) is 0.647. The number of pyridine rings is 1. The average Bonchev–Trinajstić information content (AvgIpc) is 1.97. The second kappa shape index (κ2) is 3.09. The van der Waals surface area contributed by atoms with Gasteiger partial charge in [0.2, 0.25) is 0 Å². The second-order valence-electron chi connectivity index (χ2n) is 2.34. The molecule has 1 heterocycles. The molecule has 0 atom stereocenters. The molecule has 0 aliphatic rings. The number of ether oxygens (including phenoxy) is 1. The van der Waals surface area contributed by atoms with Gasteiger partial charge < -0.3 is 4.74 Å². The molecule has 0 radical (unpaired) electrons. The van der Waals surface area contributed by atoms with Gasteiger partial charge in [-0.2, -0.15) is 0 Å². The summed E-state index contributed by atoms with van der Waals surface area (Å²) in [5.41, 5.74) is 1.71. The Morgan fingerprint density at radius 2 is 2.00 bits per heavy atom. The van der Waals surface area contributed by atoms with Crippen molar-refractivity contribution >= 4 is 11.6 Å². The summed E-state index contributed by atoms with van der Waals surface area (Å²) in [6.45, 7) is 3.76. The fourth-order valence-electron chi connectivity index (χ4n) is 0.891. The summed E-state index contributed by atoms with van der Waals surface area (Å²) in [7, 11) is 1.61. The molecule has 0 fully saturated rings. The Balaban J connectivity index is 3.21. The van der Waals surface area contributed by atoms with Crippen LogP contribution < -0.4 is 4.74 Å². The van der Waals surface area contributed by atoms with E-state index in [0.717, 1.165) is 17.1 Å². The van der Waals surface area contributed by atoms with E-state index < -0.39 is 0 Å². The van der Waals surface area contributed by atoms with E-state index in [-0.39, 0.29) is 0 Å². The zero-order valence-electron chi connectivity index (χ0n) is 6.81. The van der Waals surface area contributed by atoms with E-state index in [9.17, 15) is 0 Å².